The predicted molar refractivity (Wildman–Crippen MR) is 76.4 cm³/mol. The van der Waals surface area contributed by atoms with Crippen LogP contribution in [0.1, 0.15) is 18.9 Å². The Hall–Kier alpha value is -1.40. The highest BCUT2D eigenvalue weighted by atomic mass is 16.2. The van der Waals surface area contributed by atoms with E-state index in [1.807, 2.05) is 14.1 Å². The Morgan fingerprint density at radius 2 is 1.95 bits per heavy atom. The molecule has 0 bridgehead atoms. The third-order valence-electron chi connectivity index (χ3n) is 3.17. The van der Waals surface area contributed by atoms with Crippen molar-refractivity contribution in [1.82, 2.24) is 19.4 Å². The van der Waals surface area contributed by atoms with Gasteiger partial charge in [-0.2, -0.15) is 0 Å². The van der Waals surface area contributed by atoms with E-state index in [-0.39, 0.29) is 11.2 Å². The minimum absolute atomic E-state index is 0.226. The number of hydrogen-bond acceptors (Lipinski definition) is 4. The summed E-state index contributed by atoms with van der Waals surface area (Å²) in [6.07, 6.45) is 2.62. The molecule has 0 aliphatic carbocycles. The van der Waals surface area contributed by atoms with Gasteiger partial charge in [-0.25, -0.2) is 4.79 Å². The summed E-state index contributed by atoms with van der Waals surface area (Å²) in [7, 11) is 7.23. The lowest BCUT2D eigenvalue weighted by Crippen LogP contribution is -2.40. The highest BCUT2D eigenvalue weighted by Gasteiger charge is 2.08. The fraction of sp³-hybridized carbons (Fsp3) is 0.692. The van der Waals surface area contributed by atoms with E-state index < -0.39 is 0 Å². The van der Waals surface area contributed by atoms with Crippen LogP contribution in [0.4, 0.5) is 0 Å². The molecule has 0 aromatic carbocycles. The predicted octanol–water partition coefficient (Wildman–Crippen LogP) is -0.486. The molecular weight excluding hydrogens is 244 g/mol. The molecule has 0 saturated heterocycles. The first-order chi connectivity index (χ1) is 8.82. The maximum absolute atomic E-state index is 11.9. The second kappa shape index (κ2) is 6.68. The number of hydrogen-bond donors (Lipinski definition) is 1. The Kier molecular flexibility index (Phi) is 5.50. The van der Waals surface area contributed by atoms with Crippen molar-refractivity contribution in [3.05, 3.63) is 32.6 Å². The van der Waals surface area contributed by atoms with Crippen molar-refractivity contribution in [1.29, 1.82) is 0 Å². The number of rotatable bonds is 6. The number of aromatic nitrogens is 2. The number of nitrogens with zero attached hydrogens (tertiary/aromatic N) is 3. The van der Waals surface area contributed by atoms with Gasteiger partial charge in [-0.15, -0.1) is 0 Å². The van der Waals surface area contributed by atoms with Crippen LogP contribution < -0.4 is 16.6 Å². The van der Waals surface area contributed by atoms with Gasteiger partial charge < -0.3 is 14.8 Å². The molecule has 0 aliphatic rings. The third-order valence-corrected chi connectivity index (χ3v) is 3.17. The molecule has 108 valence electrons. The third kappa shape index (κ3) is 4.33. The van der Waals surface area contributed by atoms with Crippen molar-refractivity contribution in [2.24, 2.45) is 14.1 Å². The molecule has 0 spiro atoms. The molecule has 1 heterocycles. The molecular formula is C13H24N4O2. The number of nitrogens with one attached hydrogen (secondary N) is 1. The minimum atomic E-state index is -0.297. The molecule has 6 nitrogen and oxygen atoms in total. The van der Waals surface area contributed by atoms with Gasteiger partial charge in [-0.1, -0.05) is 0 Å². The lowest BCUT2D eigenvalue weighted by molar-refractivity contribution is 0.365. The zero-order valence-corrected chi connectivity index (χ0v) is 12.4. The van der Waals surface area contributed by atoms with Crippen molar-refractivity contribution in [3.63, 3.8) is 0 Å². The van der Waals surface area contributed by atoms with Crippen LogP contribution in [0, 0.1) is 0 Å². The molecule has 1 aromatic rings. The summed E-state index contributed by atoms with van der Waals surface area (Å²) < 4.78 is 2.57. The topological polar surface area (TPSA) is 59.3 Å². The van der Waals surface area contributed by atoms with Crippen LogP contribution >= 0.6 is 0 Å². The molecule has 1 atom stereocenters. The smallest absolute Gasteiger partial charge is 0.310 e. The van der Waals surface area contributed by atoms with Gasteiger partial charge in [0, 0.05) is 38.4 Å². The van der Waals surface area contributed by atoms with Crippen molar-refractivity contribution in [2.75, 3.05) is 20.6 Å². The van der Waals surface area contributed by atoms with E-state index >= 15 is 0 Å². The first-order valence-corrected chi connectivity index (χ1v) is 6.46. The van der Waals surface area contributed by atoms with Gasteiger partial charge >= 0.3 is 5.69 Å². The molecule has 1 N–H and O–H groups in total. The van der Waals surface area contributed by atoms with E-state index in [0.717, 1.165) is 17.5 Å². The van der Waals surface area contributed by atoms with Crippen LogP contribution in [0.3, 0.4) is 0 Å². The molecule has 0 fully saturated rings. The molecule has 0 radical (unpaired) electrons. The lowest BCUT2D eigenvalue weighted by atomic mass is 10.2. The van der Waals surface area contributed by atoms with E-state index in [4.69, 9.17) is 0 Å². The largest absolute Gasteiger partial charge is 0.330 e. The average molecular weight is 268 g/mol. The van der Waals surface area contributed by atoms with Crippen LogP contribution in [0.15, 0.2) is 15.8 Å². The Bertz CT molecular complexity index is 530. The highest BCUT2D eigenvalue weighted by molar-refractivity contribution is 5.05. The molecule has 1 aromatic heterocycles. The Morgan fingerprint density at radius 3 is 2.53 bits per heavy atom. The lowest BCUT2D eigenvalue weighted by Gasteiger charge is -2.17. The van der Waals surface area contributed by atoms with Crippen LogP contribution in [0.5, 0.6) is 0 Å². The molecule has 1 rings (SSSR count). The molecule has 6 heteroatoms. The molecule has 0 saturated carbocycles. The van der Waals surface area contributed by atoms with E-state index in [9.17, 15) is 9.59 Å². The zero-order valence-electron chi connectivity index (χ0n) is 12.4. The van der Waals surface area contributed by atoms with Gasteiger partial charge in [0.25, 0.3) is 5.56 Å². The van der Waals surface area contributed by atoms with Gasteiger partial charge in [0.05, 0.1) is 0 Å². The van der Waals surface area contributed by atoms with Gasteiger partial charge in [-0.3, -0.25) is 9.36 Å². The van der Waals surface area contributed by atoms with Gasteiger partial charge in [0.2, 0.25) is 0 Å². The minimum Gasteiger partial charge on any atom is -0.310 e. The van der Waals surface area contributed by atoms with Crippen LogP contribution in [-0.2, 0) is 20.6 Å². The Balaban J connectivity index is 2.69. The van der Waals surface area contributed by atoms with Crippen LogP contribution in [-0.4, -0.2) is 40.7 Å². The SMILES string of the molecule is CC(CCN(C)C)NCc1cn(C)c(=O)n(C)c1=O. The average Bonchev–Trinajstić information content (AvgIpc) is 2.36. The first kappa shape index (κ1) is 15.7. The van der Waals surface area contributed by atoms with Crippen molar-refractivity contribution < 1.29 is 0 Å². The zero-order chi connectivity index (χ0) is 14.6. The van der Waals surface area contributed by atoms with Gasteiger partial charge in [-0.05, 0) is 34.0 Å². The number of aryl methyl sites for hydroxylation is 1. The first-order valence-electron chi connectivity index (χ1n) is 6.46. The maximum atomic E-state index is 11.9. The highest BCUT2D eigenvalue weighted by Crippen LogP contribution is 1.95. The second-order valence-electron chi connectivity index (χ2n) is 5.29. The fourth-order valence-corrected chi connectivity index (χ4v) is 1.84. The summed E-state index contributed by atoms with van der Waals surface area (Å²) in [4.78, 5) is 25.6. The van der Waals surface area contributed by atoms with Gasteiger partial charge in [0.15, 0.2) is 0 Å². The quantitative estimate of drug-likeness (QED) is 0.756. The Morgan fingerprint density at radius 1 is 1.32 bits per heavy atom. The van der Waals surface area contributed by atoms with Crippen LogP contribution in [0.2, 0.25) is 0 Å². The molecule has 19 heavy (non-hydrogen) atoms. The summed E-state index contributed by atoms with van der Waals surface area (Å²) in [5.41, 5.74) is 0.0890. The Labute approximate surface area is 113 Å². The van der Waals surface area contributed by atoms with E-state index in [0.29, 0.717) is 18.2 Å². The van der Waals surface area contributed by atoms with E-state index in [1.54, 1.807) is 13.2 Å². The van der Waals surface area contributed by atoms with Crippen molar-refractivity contribution >= 4 is 0 Å². The molecule has 0 amide bonds. The van der Waals surface area contributed by atoms with Crippen molar-refractivity contribution in [3.8, 4) is 0 Å². The van der Waals surface area contributed by atoms with Crippen LogP contribution in [0.25, 0.3) is 0 Å². The van der Waals surface area contributed by atoms with E-state index in [1.165, 1.54) is 11.6 Å². The standard InChI is InChI=1S/C13H24N4O2/c1-10(6-7-15(2)3)14-8-11-9-16(4)13(19)17(5)12(11)18/h9-10,14H,6-8H2,1-5H3. The summed E-state index contributed by atoms with van der Waals surface area (Å²) in [6.45, 7) is 3.57. The normalized spacial score (nSPS) is 12.9. The summed E-state index contributed by atoms with van der Waals surface area (Å²) >= 11 is 0. The summed E-state index contributed by atoms with van der Waals surface area (Å²) in [5.74, 6) is 0. The summed E-state index contributed by atoms with van der Waals surface area (Å²) in [6, 6.07) is 0.323. The fourth-order valence-electron chi connectivity index (χ4n) is 1.84. The van der Waals surface area contributed by atoms with Crippen molar-refractivity contribution in [2.45, 2.75) is 25.9 Å². The van der Waals surface area contributed by atoms with E-state index in [2.05, 4.69) is 17.1 Å². The molecule has 1 unspecified atom stereocenters. The molecule has 0 aliphatic heterocycles. The summed E-state index contributed by atoms with van der Waals surface area (Å²) in [5, 5.41) is 3.31. The van der Waals surface area contributed by atoms with Gasteiger partial charge in [0.1, 0.15) is 0 Å². The monoisotopic (exact) mass is 268 g/mol. The second-order valence-corrected chi connectivity index (χ2v) is 5.29. The maximum Gasteiger partial charge on any atom is 0.330 e.